The third-order valence-corrected chi connectivity index (χ3v) is 4.52. The summed E-state index contributed by atoms with van der Waals surface area (Å²) < 4.78 is 1.41. The molecule has 0 radical (unpaired) electrons. The monoisotopic (exact) mass is 319 g/mol. The first-order valence-corrected chi connectivity index (χ1v) is 8.10. The SMILES string of the molecule is CC(C)N(C)C(=O)C1CCN(C(=O)Cn2ccccc2=O)CC1. The van der Waals surface area contributed by atoms with Gasteiger partial charge in [0.15, 0.2) is 0 Å². The van der Waals surface area contributed by atoms with E-state index in [-0.39, 0.29) is 35.9 Å². The number of rotatable bonds is 4. The lowest BCUT2D eigenvalue weighted by atomic mass is 9.95. The van der Waals surface area contributed by atoms with Crippen LogP contribution in [0.5, 0.6) is 0 Å². The Hall–Kier alpha value is -2.11. The largest absolute Gasteiger partial charge is 0.343 e. The van der Waals surface area contributed by atoms with Crippen LogP contribution in [0.2, 0.25) is 0 Å². The number of hydrogen-bond donors (Lipinski definition) is 0. The average Bonchev–Trinajstić information content (AvgIpc) is 2.55. The summed E-state index contributed by atoms with van der Waals surface area (Å²) in [4.78, 5) is 39.8. The molecule has 2 amide bonds. The Balaban J connectivity index is 1.89. The van der Waals surface area contributed by atoms with Gasteiger partial charge in [-0.15, -0.1) is 0 Å². The zero-order valence-electron chi connectivity index (χ0n) is 14.1. The number of hydrogen-bond acceptors (Lipinski definition) is 3. The lowest BCUT2D eigenvalue weighted by molar-refractivity contribution is -0.141. The number of nitrogens with zero attached hydrogens (tertiary/aromatic N) is 3. The second kappa shape index (κ2) is 7.44. The molecule has 1 saturated heterocycles. The van der Waals surface area contributed by atoms with Gasteiger partial charge in [-0.25, -0.2) is 0 Å². The first kappa shape index (κ1) is 17.2. The molecule has 2 heterocycles. The maximum Gasteiger partial charge on any atom is 0.250 e. The van der Waals surface area contributed by atoms with Crippen molar-refractivity contribution >= 4 is 11.8 Å². The van der Waals surface area contributed by atoms with Crippen LogP contribution in [0.4, 0.5) is 0 Å². The second-order valence-corrected chi connectivity index (χ2v) is 6.36. The summed E-state index contributed by atoms with van der Waals surface area (Å²) >= 11 is 0. The lowest BCUT2D eigenvalue weighted by Gasteiger charge is -2.34. The topological polar surface area (TPSA) is 62.6 Å². The van der Waals surface area contributed by atoms with Crippen LogP contribution in [0.3, 0.4) is 0 Å². The van der Waals surface area contributed by atoms with Gasteiger partial charge in [0.1, 0.15) is 6.54 Å². The van der Waals surface area contributed by atoms with Gasteiger partial charge in [-0.3, -0.25) is 14.4 Å². The van der Waals surface area contributed by atoms with E-state index in [0.29, 0.717) is 25.9 Å². The molecule has 126 valence electrons. The van der Waals surface area contributed by atoms with Crippen molar-refractivity contribution in [3.05, 3.63) is 34.7 Å². The Kier molecular flexibility index (Phi) is 5.58. The third kappa shape index (κ3) is 4.21. The first-order chi connectivity index (χ1) is 10.9. The smallest absolute Gasteiger partial charge is 0.250 e. The fourth-order valence-corrected chi connectivity index (χ4v) is 2.76. The zero-order valence-corrected chi connectivity index (χ0v) is 14.1. The highest BCUT2D eigenvalue weighted by Crippen LogP contribution is 2.20. The van der Waals surface area contributed by atoms with Crippen LogP contribution < -0.4 is 5.56 Å². The molecule has 23 heavy (non-hydrogen) atoms. The van der Waals surface area contributed by atoms with Crippen molar-refractivity contribution in [1.82, 2.24) is 14.4 Å². The van der Waals surface area contributed by atoms with E-state index in [1.807, 2.05) is 20.9 Å². The van der Waals surface area contributed by atoms with E-state index in [9.17, 15) is 14.4 Å². The van der Waals surface area contributed by atoms with Crippen LogP contribution >= 0.6 is 0 Å². The standard InChI is InChI=1S/C17H25N3O3/c1-13(2)18(3)17(23)14-7-10-19(11-8-14)16(22)12-20-9-5-4-6-15(20)21/h4-6,9,13-14H,7-8,10-12H2,1-3H3. The third-order valence-electron chi connectivity index (χ3n) is 4.52. The minimum absolute atomic E-state index is 0.00843. The van der Waals surface area contributed by atoms with E-state index < -0.39 is 0 Å². The second-order valence-electron chi connectivity index (χ2n) is 6.36. The molecule has 0 N–H and O–H groups in total. The van der Waals surface area contributed by atoms with Crippen molar-refractivity contribution in [2.24, 2.45) is 5.92 Å². The van der Waals surface area contributed by atoms with Gasteiger partial charge in [-0.05, 0) is 32.8 Å². The molecule has 2 rings (SSSR count). The summed E-state index contributed by atoms with van der Waals surface area (Å²) in [7, 11) is 1.83. The molecule has 0 unspecified atom stereocenters. The van der Waals surface area contributed by atoms with Crippen LogP contribution in [-0.2, 0) is 16.1 Å². The van der Waals surface area contributed by atoms with E-state index in [1.165, 1.54) is 10.6 Å². The first-order valence-electron chi connectivity index (χ1n) is 8.10. The Morgan fingerprint density at radius 3 is 2.48 bits per heavy atom. The summed E-state index contributed by atoms with van der Waals surface area (Å²) in [5.74, 6) is 0.0821. The Bertz CT molecular complexity index is 616. The van der Waals surface area contributed by atoms with Crippen molar-refractivity contribution in [2.45, 2.75) is 39.3 Å². The molecular formula is C17H25N3O3. The molecule has 6 heteroatoms. The normalized spacial score (nSPS) is 15.7. The van der Waals surface area contributed by atoms with Gasteiger partial charge in [-0.1, -0.05) is 6.07 Å². The van der Waals surface area contributed by atoms with Gasteiger partial charge in [0, 0.05) is 44.4 Å². The molecule has 0 saturated carbocycles. The molecule has 0 aromatic carbocycles. The van der Waals surface area contributed by atoms with E-state index in [2.05, 4.69) is 0 Å². The van der Waals surface area contributed by atoms with Crippen molar-refractivity contribution in [3.8, 4) is 0 Å². The maximum atomic E-state index is 12.3. The summed E-state index contributed by atoms with van der Waals surface area (Å²) in [6, 6.07) is 5.03. The molecule has 0 spiro atoms. The van der Waals surface area contributed by atoms with Gasteiger partial charge in [0.25, 0.3) is 5.56 Å². The van der Waals surface area contributed by atoms with Crippen LogP contribution in [0.25, 0.3) is 0 Å². The molecule has 0 atom stereocenters. The summed E-state index contributed by atoms with van der Waals surface area (Å²) in [6.45, 7) is 5.19. The number of piperidine rings is 1. The number of carbonyl (C=O) groups excluding carboxylic acids is 2. The van der Waals surface area contributed by atoms with Gasteiger partial charge >= 0.3 is 0 Å². The molecular weight excluding hydrogens is 294 g/mol. The molecule has 0 bridgehead atoms. The zero-order chi connectivity index (χ0) is 17.0. The van der Waals surface area contributed by atoms with Crippen LogP contribution in [0, 0.1) is 5.92 Å². The Morgan fingerprint density at radius 1 is 1.26 bits per heavy atom. The lowest BCUT2D eigenvalue weighted by Crippen LogP contribution is -2.46. The fraction of sp³-hybridized carbons (Fsp3) is 0.588. The number of pyridine rings is 1. The predicted octanol–water partition coefficient (Wildman–Crippen LogP) is 0.954. The van der Waals surface area contributed by atoms with E-state index in [0.717, 1.165) is 0 Å². The average molecular weight is 319 g/mol. The number of likely N-dealkylation sites (tertiary alicyclic amines) is 1. The van der Waals surface area contributed by atoms with Crippen molar-refractivity contribution < 1.29 is 9.59 Å². The maximum absolute atomic E-state index is 12.3. The number of amides is 2. The molecule has 0 aliphatic carbocycles. The van der Waals surface area contributed by atoms with E-state index >= 15 is 0 Å². The summed E-state index contributed by atoms with van der Waals surface area (Å²) in [5.41, 5.74) is -0.176. The Labute approximate surface area is 136 Å². The van der Waals surface area contributed by atoms with Crippen LogP contribution in [-0.4, -0.2) is 52.4 Å². The van der Waals surface area contributed by atoms with Crippen molar-refractivity contribution in [3.63, 3.8) is 0 Å². The van der Waals surface area contributed by atoms with E-state index in [4.69, 9.17) is 0 Å². The van der Waals surface area contributed by atoms with Crippen molar-refractivity contribution in [2.75, 3.05) is 20.1 Å². The molecule has 6 nitrogen and oxygen atoms in total. The van der Waals surface area contributed by atoms with E-state index in [1.54, 1.807) is 28.1 Å². The Morgan fingerprint density at radius 2 is 1.91 bits per heavy atom. The highest BCUT2D eigenvalue weighted by molar-refractivity contribution is 5.80. The van der Waals surface area contributed by atoms with Crippen LogP contribution in [0.15, 0.2) is 29.2 Å². The van der Waals surface area contributed by atoms with Gasteiger partial charge in [-0.2, -0.15) is 0 Å². The molecule has 1 aromatic rings. The number of aromatic nitrogens is 1. The minimum Gasteiger partial charge on any atom is -0.343 e. The molecule has 1 aromatic heterocycles. The highest BCUT2D eigenvalue weighted by atomic mass is 16.2. The molecule has 1 aliphatic rings. The summed E-state index contributed by atoms with van der Waals surface area (Å²) in [6.07, 6.45) is 2.99. The van der Waals surface area contributed by atoms with Gasteiger partial charge in [0.2, 0.25) is 11.8 Å². The minimum atomic E-state index is -0.176. The summed E-state index contributed by atoms with van der Waals surface area (Å²) in [5, 5.41) is 0. The van der Waals surface area contributed by atoms with Gasteiger partial charge in [0.05, 0.1) is 0 Å². The fourth-order valence-electron chi connectivity index (χ4n) is 2.76. The number of carbonyl (C=O) groups is 2. The molecule has 1 fully saturated rings. The quantitative estimate of drug-likeness (QED) is 0.830. The highest BCUT2D eigenvalue weighted by Gasteiger charge is 2.29. The molecule has 1 aliphatic heterocycles. The van der Waals surface area contributed by atoms with Gasteiger partial charge < -0.3 is 14.4 Å². The predicted molar refractivity (Wildman–Crippen MR) is 87.9 cm³/mol. The van der Waals surface area contributed by atoms with Crippen molar-refractivity contribution in [1.29, 1.82) is 0 Å². The van der Waals surface area contributed by atoms with Crippen LogP contribution in [0.1, 0.15) is 26.7 Å².